The molecule has 0 aliphatic carbocycles. The first-order valence-corrected chi connectivity index (χ1v) is 20.9. The summed E-state index contributed by atoms with van der Waals surface area (Å²) in [5.41, 5.74) is 0.782. The Morgan fingerprint density at radius 3 is 1.70 bits per heavy atom. The van der Waals surface area contributed by atoms with E-state index in [1.165, 1.54) is 0 Å². The molecule has 0 aromatic heterocycles. The highest BCUT2D eigenvalue weighted by Crippen LogP contribution is 2.51. The van der Waals surface area contributed by atoms with Gasteiger partial charge >= 0.3 is 7.60 Å². The number of hydrogen-bond acceptors (Lipinski definition) is 7. The topological polar surface area (TPSA) is 72.5 Å². The van der Waals surface area contributed by atoms with Crippen LogP contribution in [-0.4, -0.2) is 56.2 Å². The van der Waals surface area contributed by atoms with Gasteiger partial charge in [-0.25, -0.2) is 0 Å². The molecule has 0 saturated heterocycles. The van der Waals surface area contributed by atoms with Crippen LogP contribution in [0.3, 0.4) is 0 Å². The Hall–Kier alpha value is -0.676. The highest BCUT2D eigenvalue weighted by atomic mass is 31.2. The molecule has 0 atom stereocenters. The van der Waals surface area contributed by atoms with Gasteiger partial charge in [0.25, 0.3) is 0 Å². The Morgan fingerprint density at radius 2 is 1.24 bits per heavy atom. The van der Waals surface area contributed by atoms with E-state index in [2.05, 4.69) is 39.3 Å². The molecule has 1 aromatic carbocycles. The number of hydrogen-bond donors (Lipinski definition) is 0. The molecule has 0 N–H and O–H groups in total. The molecule has 0 saturated carbocycles. The molecule has 0 spiro atoms. The number of ether oxygens (including phenoxy) is 4. The minimum absolute atomic E-state index is 0.120. The van der Waals surface area contributed by atoms with E-state index in [0.717, 1.165) is 17.7 Å². The van der Waals surface area contributed by atoms with Gasteiger partial charge in [-0.15, -0.1) is 0 Å². The van der Waals surface area contributed by atoms with E-state index in [4.69, 9.17) is 28.0 Å². The molecule has 10 heteroatoms. The standard InChI is InChI=1S/C23H45O7PSi2/c1-9-29-31(24,30-10-2)18-21-11-12-22(27-19-25-13-15-32(3,4)5)23(17-21)28-20-26-14-16-33(6,7)8/h11-12,17H,9-10,13-16,18-20H2,1-8H3. The summed E-state index contributed by atoms with van der Waals surface area (Å²) in [4.78, 5) is 0. The Morgan fingerprint density at radius 1 is 0.758 bits per heavy atom. The Kier molecular flexibility index (Phi) is 13.5. The van der Waals surface area contributed by atoms with Gasteiger partial charge in [0, 0.05) is 29.4 Å². The predicted molar refractivity (Wildman–Crippen MR) is 140 cm³/mol. The molecular weight excluding hydrogens is 475 g/mol. The maximum absolute atomic E-state index is 12.9. The first-order chi connectivity index (χ1) is 15.4. The van der Waals surface area contributed by atoms with Crippen molar-refractivity contribution in [2.45, 2.75) is 71.4 Å². The summed E-state index contributed by atoms with van der Waals surface area (Å²) >= 11 is 0. The third-order valence-electron chi connectivity index (χ3n) is 4.62. The summed E-state index contributed by atoms with van der Waals surface area (Å²) in [6.07, 6.45) is 0.161. The number of benzene rings is 1. The second-order valence-electron chi connectivity index (χ2n) is 10.3. The van der Waals surface area contributed by atoms with Gasteiger partial charge in [0.1, 0.15) is 0 Å². The molecule has 0 unspecified atom stereocenters. The van der Waals surface area contributed by atoms with Gasteiger partial charge in [-0.3, -0.25) is 4.57 Å². The highest BCUT2D eigenvalue weighted by Gasteiger charge is 2.25. The summed E-state index contributed by atoms with van der Waals surface area (Å²) in [6, 6.07) is 7.60. The molecule has 0 aliphatic rings. The first kappa shape index (κ1) is 30.4. The SMILES string of the molecule is CCOP(=O)(Cc1ccc(OCOCC[Si](C)(C)C)c(OCOCC[Si](C)(C)C)c1)OCC. The van der Waals surface area contributed by atoms with Crippen LogP contribution in [0.4, 0.5) is 0 Å². The van der Waals surface area contributed by atoms with Crippen LogP contribution in [0.5, 0.6) is 11.5 Å². The minimum Gasteiger partial charge on any atom is -0.464 e. The van der Waals surface area contributed by atoms with Gasteiger partial charge in [-0.1, -0.05) is 45.3 Å². The van der Waals surface area contributed by atoms with Crippen LogP contribution < -0.4 is 9.47 Å². The normalized spacial score (nSPS) is 12.7. The van der Waals surface area contributed by atoms with Gasteiger partial charge in [0.05, 0.1) is 19.4 Å². The van der Waals surface area contributed by atoms with E-state index in [0.29, 0.717) is 37.9 Å². The lowest BCUT2D eigenvalue weighted by molar-refractivity contribution is 0.00570. The third kappa shape index (κ3) is 14.4. The van der Waals surface area contributed by atoms with Crippen LogP contribution in [0.1, 0.15) is 19.4 Å². The Labute approximate surface area is 203 Å². The van der Waals surface area contributed by atoms with Crippen LogP contribution >= 0.6 is 7.60 Å². The lowest BCUT2D eigenvalue weighted by atomic mass is 10.2. The molecule has 0 radical (unpaired) electrons. The van der Waals surface area contributed by atoms with Gasteiger partial charge in [0.2, 0.25) is 0 Å². The van der Waals surface area contributed by atoms with Crippen molar-refractivity contribution in [2.24, 2.45) is 0 Å². The molecule has 0 heterocycles. The monoisotopic (exact) mass is 520 g/mol. The van der Waals surface area contributed by atoms with Crippen molar-refractivity contribution in [3.63, 3.8) is 0 Å². The largest absolute Gasteiger partial charge is 0.464 e. The van der Waals surface area contributed by atoms with Gasteiger partial charge in [0.15, 0.2) is 25.1 Å². The van der Waals surface area contributed by atoms with E-state index in [1.807, 2.05) is 12.1 Å². The van der Waals surface area contributed by atoms with Crippen molar-refractivity contribution in [1.29, 1.82) is 0 Å². The third-order valence-corrected chi connectivity index (χ3v) is 10.1. The fraction of sp³-hybridized carbons (Fsp3) is 0.739. The summed E-state index contributed by atoms with van der Waals surface area (Å²) < 4.78 is 46.9. The van der Waals surface area contributed by atoms with Crippen molar-refractivity contribution in [2.75, 3.05) is 40.0 Å². The predicted octanol–water partition coefficient (Wildman–Crippen LogP) is 6.83. The molecule has 0 bridgehead atoms. The first-order valence-electron chi connectivity index (χ1n) is 11.8. The fourth-order valence-corrected chi connectivity index (χ4v) is 5.91. The molecule has 33 heavy (non-hydrogen) atoms. The highest BCUT2D eigenvalue weighted by molar-refractivity contribution is 7.53. The van der Waals surface area contributed by atoms with Gasteiger partial charge in [-0.2, -0.15) is 0 Å². The molecule has 1 rings (SSSR count). The summed E-state index contributed by atoms with van der Waals surface area (Å²) in [6.45, 7) is 19.7. The van der Waals surface area contributed by atoms with E-state index in [-0.39, 0.29) is 19.7 Å². The zero-order chi connectivity index (χ0) is 25.0. The smallest absolute Gasteiger partial charge is 0.335 e. The van der Waals surface area contributed by atoms with Crippen LogP contribution in [0.2, 0.25) is 51.4 Å². The molecule has 1 aromatic rings. The molecule has 0 aliphatic heterocycles. The van der Waals surface area contributed by atoms with Crippen LogP contribution in [-0.2, 0) is 29.2 Å². The Bertz CT molecular complexity index is 723. The quantitative estimate of drug-likeness (QED) is 0.0908. The zero-order valence-electron chi connectivity index (χ0n) is 21.9. The maximum atomic E-state index is 12.9. The van der Waals surface area contributed by atoms with Gasteiger partial charge < -0.3 is 28.0 Å². The molecule has 7 nitrogen and oxygen atoms in total. The lowest BCUT2D eigenvalue weighted by Gasteiger charge is -2.19. The molecule has 0 amide bonds. The second-order valence-corrected chi connectivity index (χ2v) is 23.6. The zero-order valence-corrected chi connectivity index (χ0v) is 24.8. The molecule has 192 valence electrons. The van der Waals surface area contributed by atoms with Crippen LogP contribution in [0.25, 0.3) is 0 Å². The van der Waals surface area contributed by atoms with E-state index >= 15 is 0 Å². The van der Waals surface area contributed by atoms with E-state index < -0.39 is 23.7 Å². The van der Waals surface area contributed by atoms with E-state index in [9.17, 15) is 4.57 Å². The summed E-state index contributed by atoms with van der Waals surface area (Å²) in [7, 11) is -5.54. The average molecular weight is 521 g/mol. The summed E-state index contributed by atoms with van der Waals surface area (Å²) in [5, 5.41) is 0. The van der Waals surface area contributed by atoms with Crippen molar-refractivity contribution in [3.8, 4) is 11.5 Å². The van der Waals surface area contributed by atoms with Crippen LogP contribution in [0.15, 0.2) is 18.2 Å². The lowest BCUT2D eigenvalue weighted by Crippen LogP contribution is -2.22. The second kappa shape index (κ2) is 14.7. The van der Waals surface area contributed by atoms with Gasteiger partial charge in [-0.05, 0) is 43.6 Å². The van der Waals surface area contributed by atoms with E-state index in [1.54, 1.807) is 19.9 Å². The molecular formula is C23H45O7PSi2. The van der Waals surface area contributed by atoms with Crippen molar-refractivity contribution >= 4 is 23.7 Å². The minimum atomic E-state index is -3.22. The van der Waals surface area contributed by atoms with Crippen molar-refractivity contribution in [3.05, 3.63) is 23.8 Å². The van der Waals surface area contributed by atoms with Crippen molar-refractivity contribution < 1.29 is 32.6 Å². The number of rotatable bonds is 18. The maximum Gasteiger partial charge on any atom is 0.335 e. The average Bonchev–Trinajstić information content (AvgIpc) is 2.67. The van der Waals surface area contributed by atoms with Crippen molar-refractivity contribution in [1.82, 2.24) is 0 Å². The Balaban J connectivity index is 2.82. The molecule has 0 fully saturated rings. The summed E-state index contributed by atoms with van der Waals surface area (Å²) in [5.74, 6) is 1.08. The van der Waals surface area contributed by atoms with Crippen LogP contribution in [0, 0.1) is 0 Å². The fourth-order valence-electron chi connectivity index (χ4n) is 2.71.